The van der Waals surface area contributed by atoms with E-state index in [1.165, 1.54) is 43.1 Å². The minimum atomic E-state index is -0.377. The standard InChI is InChI=1S/C13H16N4O3.C12H14N4O3.C2H6/c1-16-11-10(14-4-5-15-11)12(18)17(13(16)19)8-9-2-6-20-7-3-9;1-15-10-9(13-3-4-14-10)11(17)16(12(15)18)6-8-2-5-19-7-8;1-2/h4-5,9H,2-3,6-8H2,1H3;3-4,8H,2,5-7H2,1H3;1-2H3. The topological polar surface area (TPSA) is 158 Å². The molecule has 0 saturated carbocycles. The van der Waals surface area contributed by atoms with Gasteiger partial charge in [-0.1, -0.05) is 13.8 Å². The number of hydrogen-bond acceptors (Lipinski definition) is 10. The first kappa shape index (κ1) is 29.9. The lowest BCUT2D eigenvalue weighted by atomic mass is 10.0. The van der Waals surface area contributed by atoms with E-state index < -0.39 is 0 Å². The molecule has 1 unspecified atom stereocenters. The molecule has 1 atom stereocenters. The first-order valence-corrected chi connectivity index (χ1v) is 13.8. The number of aryl methyl sites for hydroxylation is 2. The van der Waals surface area contributed by atoms with E-state index in [0.29, 0.717) is 56.7 Å². The smallest absolute Gasteiger partial charge is 0.332 e. The van der Waals surface area contributed by atoms with Gasteiger partial charge in [-0.3, -0.25) is 27.9 Å². The Kier molecular flexibility index (Phi) is 9.89. The Labute approximate surface area is 235 Å². The maximum absolute atomic E-state index is 12.4. The van der Waals surface area contributed by atoms with E-state index in [-0.39, 0.29) is 39.4 Å². The lowest BCUT2D eigenvalue weighted by Gasteiger charge is -2.22. The van der Waals surface area contributed by atoms with Gasteiger partial charge >= 0.3 is 11.4 Å². The molecule has 6 rings (SSSR count). The molecule has 0 aliphatic carbocycles. The molecule has 2 saturated heterocycles. The van der Waals surface area contributed by atoms with Crippen LogP contribution < -0.4 is 22.5 Å². The molecule has 41 heavy (non-hydrogen) atoms. The van der Waals surface area contributed by atoms with E-state index in [0.717, 1.165) is 19.3 Å². The predicted molar refractivity (Wildman–Crippen MR) is 152 cm³/mol. The van der Waals surface area contributed by atoms with E-state index in [2.05, 4.69) is 19.9 Å². The van der Waals surface area contributed by atoms with Crippen LogP contribution in [0, 0.1) is 11.8 Å². The van der Waals surface area contributed by atoms with Crippen LogP contribution >= 0.6 is 0 Å². The highest BCUT2D eigenvalue weighted by Gasteiger charge is 2.21. The largest absolute Gasteiger partial charge is 0.381 e. The molecule has 14 nitrogen and oxygen atoms in total. The third kappa shape index (κ3) is 6.33. The Hall–Kier alpha value is -4.04. The molecule has 0 radical (unpaired) electrons. The van der Waals surface area contributed by atoms with Gasteiger partial charge in [-0.15, -0.1) is 0 Å². The van der Waals surface area contributed by atoms with E-state index in [1.54, 1.807) is 14.1 Å². The monoisotopic (exact) mass is 568 g/mol. The van der Waals surface area contributed by atoms with Crippen LogP contribution in [0.5, 0.6) is 0 Å². The van der Waals surface area contributed by atoms with E-state index >= 15 is 0 Å². The summed E-state index contributed by atoms with van der Waals surface area (Å²) in [6, 6.07) is 0. The summed E-state index contributed by atoms with van der Waals surface area (Å²) in [5.74, 6) is 0.503. The highest BCUT2D eigenvalue weighted by atomic mass is 16.5. The fourth-order valence-corrected chi connectivity index (χ4v) is 4.92. The summed E-state index contributed by atoms with van der Waals surface area (Å²) < 4.78 is 15.8. The number of ether oxygens (including phenoxy) is 2. The van der Waals surface area contributed by atoms with Crippen molar-refractivity contribution in [2.45, 2.75) is 46.2 Å². The molecule has 0 bridgehead atoms. The second-order valence-electron chi connectivity index (χ2n) is 9.76. The predicted octanol–water partition coefficient (Wildman–Crippen LogP) is 0.470. The summed E-state index contributed by atoms with van der Waals surface area (Å²) in [6.45, 7) is 7.45. The molecule has 0 spiro atoms. The van der Waals surface area contributed by atoms with Gasteiger partial charge in [0.15, 0.2) is 22.3 Å². The number of nitrogens with zero attached hydrogens (tertiary/aromatic N) is 8. The van der Waals surface area contributed by atoms with Crippen LogP contribution in [-0.2, 0) is 36.7 Å². The van der Waals surface area contributed by atoms with Crippen LogP contribution in [0.4, 0.5) is 0 Å². The van der Waals surface area contributed by atoms with Crippen molar-refractivity contribution < 1.29 is 9.47 Å². The Bertz CT molecular complexity index is 1730. The third-order valence-corrected chi connectivity index (χ3v) is 7.17. The molecule has 4 aromatic rings. The number of hydrogen-bond donors (Lipinski definition) is 0. The number of rotatable bonds is 4. The van der Waals surface area contributed by atoms with Crippen molar-refractivity contribution in [3.05, 3.63) is 66.5 Å². The summed E-state index contributed by atoms with van der Waals surface area (Å²) in [4.78, 5) is 65.4. The summed E-state index contributed by atoms with van der Waals surface area (Å²) in [6.07, 6.45) is 8.47. The maximum atomic E-state index is 12.4. The average Bonchev–Trinajstić information content (AvgIpc) is 3.54. The van der Waals surface area contributed by atoms with Crippen LogP contribution in [0.3, 0.4) is 0 Å². The van der Waals surface area contributed by atoms with Crippen molar-refractivity contribution in [1.82, 2.24) is 38.2 Å². The van der Waals surface area contributed by atoms with Gasteiger partial charge in [0, 0.05) is 77.7 Å². The van der Waals surface area contributed by atoms with Gasteiger partial charge < -0.3 is 9.47 Å². The average molecular weight is 569 g/mol. The first-order chi connectivity index (χ1) is 19.9. The molecule has 0 N–H and O–H groups in total. The van der Waals surface area contributed by atoms with Gasteiger partial charge in [-0.05, 0) is 25.2 Å². The van der Waals surface area contributed by atoms with Crippen molar-refractivity contribution in [3.8, 4) is 0 Å². The molecule has 4 aromatic heterocycles. The van der Waals surface area contributed by atoms with E-state index in [9.17, 15) is 19.2 Å². The second kappa shape index (κ2) is 13.5. The van der Waals surface area contributed by atoms with E-state index in [4.69, 9.17) is 9.47 Å². The minimum Gasteiger partial charge on any atom is -0.381 e. The minimum absolute atomic E-state index is 0.208. The molecular formula is C27H36N8O6. The third-order valence-electron chi connectivity index (χ3n) is 7.17. The van der Waals surface area contributed by atoms with E-state index in [1.807, 2.05) is 13.8 Å². The molecule has 220 valence electrons. The molecule has 2 fully saturated rings. The van der Waals surface area contributed by atoms with Crippen molar-refractivity contribution in [3.63, 3.8) is 0 Å². The van der Waals surface area contributed by atoms with Gasteiger partial charge in [0.05, 0.1) is 6.61 Å². The van der Waals surface area contributed by atoms with Crippen LogP contribution in [0.1, 0.15) is 33.1 Å². The van der Waals surface area contributed by atoms with Crippen molar-refractivity contribution in [1.29, 1.82) is 0 Å². The molecule has 6 heterocycles. The lowest BCUT2D eigenvalue weighted by molar-refractivity contribution is 0.0605. The molecule has 2 aliphatic rings. The Morgan fingerprint density at radius 2 is 1.07 bits per heavy atom. The summed E-state index contributed by atoms with van der Waals surface area (Å²) >= 11 is 0. The fourth-order valence-electron chi connectivity index (χ4n) is 4.92. The fraction of sp³-hybridized carbons (Fsp3) is 0.556. The lowest BCUT2D eigenvalue weighted by Crippen LogP contribution is -2.41. The zero-order valence-corrected chi connectivity index (χ0v) is 23.9. The summed E-state index contributed by atoms with van der Waals surface area (Å²) in [5.41, 5.74) is -0.326. The van der Waals surface area contributed by atoms with Crippen LogP contribution in [0.25, 0.3) is 22.3 Å². The maximum Gasteiger partial charge on any atom is 0.332 e. The van der Waals surface area contributed by atoms with Gasteiger partial charge in [-0.2, -0.15) is 0 Å². The highest BCUT2D eigenvalue weighted by molar-refractivity contribution is 5.68. The molecular weight excluding hydrogens is 532 g/mol. The molecule has 0 amide bonds. The number of fused-ring (bicyclic) bond motifs is 2. The SMILES string of the molecule is CC.Cn1c(=O)n(CC2CCOC2)c(=O)c2nccnc21.Cn1c(=O)n(CC2CCOCC2)c(=O)c2nccnc21. The van der Waals surface area contributed by atoms with Gasteiger partial charge in [0.25, 0.3) is 11.1 Å². The van der Waals surface area contributed by atoms with Gasteiger partial charge in [0.2, 0.25) is 0 Å². The Morgan fingerprint density at radius 3 is 1.54 bits per heavy atom. The van der Waals surface area contributed by atoms with Crippen LogP contribution in [0.15, 0.2) is 44.0 Å². The summed E-state index contributed by atoms with van der Waals surface area (Å²) in [5, 5.41) is 0. The zero-order chi connectivity index (χ0) is 29.5. The quantitative estimate of drug-likeness (QED) is 0.339. The van der Waals surface area contributed by atoms with Crippen molar-refractivity contribution >= 4 is 22.3 Å². The molecule has 2 aliphatic heterocycles. The second-order valence-corrected chi connectivity index (χ2v) is 9.76. The van der Waals surface area contributed by atoms with Gasteiger partial charge in [0.1, 0.15) is 0 Å². The summed E-state index contributed by atoms with van der Waals surface area (Å²) in [7, 11) is 3.21. The Morgan fingerprint density at radius 1 is 0.659 bits per heavy atom. The molecule has 14 heteroatoms. The number of aromatic nitrogens is 8. The normalized spacial score (nSPS) is 17.1. The molecule has 0 aromatic carbocycles. The zero-order valence-electron chi connectivity index (χ0n) is 23.9. The van der Waals surface area contributed by atoms with Crippen molar-refractivity contribution in [2.24, 2.45) is 25.9 Å². The van der Waals surface area contributed by atoms with Crippen LogP contribution in [-0.4, -0.2) is 64.6 Å². The van der Waals surface area contributed by atoms with Crippen molar-refractivity contribution in [2.75, 3.05) is 26.4 Å². The Balaban J connectivity index is 0.000000178. The highest BCUT2D eigenvalue weighted by Crippen LogP contribution is 2.16. The van der Waals surface area contributed by atoms with Crippen LogP contribution in [0.2, 0.25) is 0 Å². The first-order valence-electron chi connectivity index (χ1n) is 13.8. The van der Waals surface area contributed by atoms with Gasteiger partial charge in [-0.25, -0.2) is 29.5 Å².